The fourth-order valence-corrected chi connectivity index (χ4v) is 3.97. The van der Waals surface area contributed by atoms with E-state index in [0.29, 0.717) is 18.4 Å². The van der Waals surface area contributed by atoms with Crippen molar-refractivity contribution in [2.75, 3.05) is 0 Å². The maximum absolute atomic E-state index is 15.1. The van der Waals surface area contributed by atoms with Crippen LogP contribution in [-0.2, 0) is 19.3 Å². The van der Waals surface area contributed by atoms with Crippen molar-refractivity contribution < 1.29 is 17.6 Å². The van der Waals surface area contributed by atoms with Gasteiger partial charge in [0.15, 0.2) is 17.5 Å². The van der Waals surface area contributed by atoms with Crippen molar-refractivity contribution in [3.8, 4) is 11.1 Å². The summed E-state index contributed by atoms with van der Waals surface area (Å²) in [5.74, 6) is -4.72. The van der Waals surface area contributed by atoms with Gasteiger partial charge in [-0.25, -0.2) is 17.6 Å². The average molecular weight is 410 g/mol. The van der Waals surface area contributed by atoms with Gasteiger partial charge in [-0.15, -0.1) is 0 Å². The molecule has 1 aliphatic rings. The Labute approximate surface area is 173 Å². The molecule has 0 fully saturated rings. The highest BCUT2D eigenvalue weighted by Crippen LogP contribution is 2.34. The smallest absolute Gasteiger partial charge is 0.194 e. The summed E-state index contributed by atoms with van der Waals surface area (Å²) in [4.78, 5) is 0. The highest BCUT2D eigenvalue weighted by atomic mass is 19.2. The third-order valence-corrected chi connectivity index (χ3v) is 5.71. The Bertz CT molecular complexity index is 1090. The minimum absolute atomic E-state index is 0.0101. The summed E-state index contributed by atoms with van der Waals surface area (Å²) in [7, 11) is 0. The lowest BCUT2D eigenvalue weighted by Gasteiger charge is -2.20. The van der Waals surface area contributed by atoms with Gasteiger partial charge in [0, 0.05) is 5.56 Å². The lowest BCUT2D eigenvalue weighted by atomic mass is 9.85. The second-order valence-electron chi connectivity index (χ2n) is 7.73. The highest BCUT2D eigenvalue weighted by Gasteiger charge is 2.21. The fourth-order valence-electron chi connectivity index (χ4n) is 3.97. The van der Waals surface area contributed by atoms with E-state index in [1.165, 1.54) is 18.1 Å². The molecular formula is C26H22F4. The van der Waals surface area contributed by atoms with E-state index in [9.17, 15) is 13.2 Å². The van der Waals surface area contributed by atoms with E-state index in [0.717, 1.165) is 41.7 Å². The maximum atomic E-state index is 15.1. The molecule has 0 nitrogen and oxygen atoms in total. The van der Waals surface area contributed by atoms with Crippen LogP contribution in [0.1, 0.15) is 42.0 Å². The van der Waals surface area contributed by atoms with E-state index in [4.69, 9.17) is 0 Å². The molecule has 30 heavy (non-hydrogen) atoms. The highest BCUT2D eigenvalue weighted by molar-refractivity contribution is 5.73. The third kappa shape index (κ3) is 3.91. The summed E-state index contributed by atoms with van der Waals surface area (Å²) in [5, 5.41) is 0. The molecule has 0 atom stereocenters. The summed E-state index contributed by atoms with van der Waals surface area (Å²) in [5.41, 5.74) is 5.00. The van der Waals surface area contributed by atoms with E-state index in [-0.39, 0.29) is 11.1 Å². The molecule has 0 unspecified atom stereocenters. The van der Waals surface area contributed by atoms with Gasteiger partial charge in [-0.05, 0) is 71.2 Å². The van der Waals surface area contributed by atoms with Crippen LogP contribution < -0.4 is 0 Å². The Balaban J connectivity index is 1.60. The lowest BCUT2D eigenvalue weighted by molar-refractivity contribution is 0.447. The fraction of sp³-hybridized carbons (Fsp3) is 0.231. The van der Waals surface area contributed by atoms with Crippen LogP contribution in [0, 0.1) is 23.3 Å². The molecule has 0 amide bonds. The van der Waals surface area contributed by atoms with Crippen LogP contribution in [0.4, 0.5) is 17.6 Å². The van der Waals surface area contributed by atoms with Gasteiger partial charge in [0.05, 0.1) is 0 Å². The molecule has 0 radical (unpaired) electrons. The first-order chi connectivity index (χ1) is 14.5. The first-order valence-corrected chi connectivity index (χ1v) is 10.2. The number of unbranched alkanes of at least 4 members (excludes halogenated alkanes) is 1. The number of halogens is 4. The standard InChI is InChI=1S/C26H22F4/c1-2-3-4-16-5-7-17(8-6-16)18-9-11-21-19(13-18)10-12-22(25(21)29)20-14-23(27)26(30)24(28)15-20/h5-10,12,14-15H,2-4,11,13H2,1H3. The molecule has 4 heteroatoms. The van der Waals surface area contributed by atoms with Crippen molar-refractivity contribution in [2.24, 2.45) is 0 Å². The molecule has 0 aromatic heterocycles. The number of allylic oxidation sites excluding steroid dienone is 2. The topological polar surface area (TPSA) is 0 Å². The number of aryl methyl sites for hydroxylation is 1. The minimum Gasteiger partial charge on any atom is -0.206 e. The molecule has 0 aliphatic heterocycles. The summed E-state index contributed by atoms with van der Waals surface area (Å²) in [6, 6.07) is 13.5. The molecule has 0 saturated heterocycles. The van der Waals surface area contributed by atoms with Gasteiger partial charge < -0.3 is 0 Å². The molecule has 0 saturated carbocycles. The summed E-state index contributed by atoms with van der Waals surface area (Å²) in [6.07, 6.45) is 6.38. The van der Waals surface area contributed by atoms with Crippen molar-refractivity contribution in [3.63, 3.8) is 0 Å². The zero-order chi connectivity index (χ0) is 21.3. The van der Waals surface area contributed by atoms with Crippen molar-refractivity contribution in [3.05, 3.63) is 100 Å². The van der Waals surface area contributed by atoms with E-state index in [1.54, 1.807) is 6.07 Å². The minimum atomic E-state index is -1.55. The van der Waals surface area contributed by atoms with Gasteiger partial charge in [-0.3, -0.25) is 0 Å². The molecule has 0 bridgehead atoms. The number of fused-ring (bicyclic) bond motifs is 1. The Kier molecular flexibility index (Phi) is 5.76. The molecular weight excluding hydrogens is 388 g/mol. The van der Waals surface area contributed by atoms with Crippen LogP contribution in [0.5, 0.6) is 0 Å². The monoisotopic (exact) mass is 410 g/mol. The van der Waals surface area contributed by atoms with E-state index < -0.39 is 23.3 Å². The van der Waals surface area contributed by atoms with Crippen LogP contribution in [-0.4, -0.2) is 0 Å². The zero-order valence-electron chi connectivity index (χ0n) is 16.7. The van der Waals surface area contributed by atoms with Gasteiger partial charge in [-0.2, -0.15) is 0 Å². The van der Waals surface area contributed by atoms with Crippen LogP contribution in [0.25, 0.3) is 16.7 Å². The number of hydrogen-bond acceptors (Lipinski definition) is 0. The normalized spacial score (nSPS) is 13.2. The quantitative estimate of drug-likeness (QED) is 0.303. The second-order valence-corrected chi connectivity index (χ2v) is 7.73. The van der Waals surface area contributed by atoms with Crippen molar-refractivity contribution in [1.82, 2.24) is 0 Å². The summed E-state index contributed by atoms with van der Waals surface area (Å²) < 4.78 is 55.5. The molecule has 154 valence electrons. The molecule has 0 N–H and O–H groups in total. The van der Waals surface area contributed by atoms with Crippen molar-refractivity contribution in [2.45, 2.75) is 39.0 Å². The van der Waals surface area contributed by atoms with Gasteiger partial charge in [-0.1, -0.05) is 55.8 Å². The van der Waals surface area contributed by atoms with Gasteiger partial charge in [0.1, 0.15) is 5.82 Å². The van der Waals surface area contributed by atoms with E-state index >= 15 is 4.39 Å². The van der Waals surface area contributed by atoms with Crippen LogP contribution >= 0.6 is 0 Å². The SMILES string of the molecule is CCCCc1ccc(C2=CCc3c(ccc(-c4cc(F)c(F)c(F)c4)c3F)C2)cc1. The third-order valence-electron chi connectivity index (χ3n) is 5.71. The molecule has 3 aromatic rings. The molecule has 0 spiro atoms. The predicted octanol–water partition coefficient (Wildman–Crippen LogP) is 7.43. The van der Waals surface area contributed by atoms with Crippen molar-refractivity contribution in [1.29, 1.82) is 0 Å². The number of hydrogen-bond donors (Lipinski definition) is 0. The van der Waals surface area contributed by atoms with Crippen molar-refractivity contribution >= 4 is 5.57 Å². The maximum Gasteiger partial charge on any atom is 0.194 e. The first kappa shape index (κ1) is 20.4. The second kappa shape index (κ2) is 8.47. The Hall–Kier alpha value is -2.88. The first-order valence-electron chi connectivity index (χ1n) is 10.2. The largest absolute Gasteiger partial charge is 0.206 e. The molecule has 3 aromatic carbocycles. The molecule has 1 aliphatic carbocycles. The zero-order valence-corrected chi connectivity index (χ0v) is 16.7. The Morgan fingerprint density at radius 2 is 1.50 bits per heavy atom. The van der Waals surface area contributed by atoms with E-state index in [1.807, 2.05) is 6.08 Å². The predicted molar refractivity (Wildman–Crippen MR) is 112 cm³/mol. The Morgan fingerprint density at radius 1 is 0.800 bits per heavy atom. The van der Waals surface area contributed by atoms with Gasteiger partial charge in [0.25, 0.3) is 0 Å². The van der Waals surface area contributed by atoms with Gasteiger partial charge >= 0.3 is 0 Å². The van der Waals surface area contributed by atoms with Crippen LogP contribution in [0.3, 0.4) is 0 Å². The summed E-state index contributed by atoms with van der Waals surface area (Å²) >= 11 is 0. The van der Waals surface area contributed by atoms with E-state index in [2.05, 4.69) is 31.2 Å². The van der Waals surface area contributed by atoms with Gasteiger partial charge in [0.2, 0.25) is 0 Å². The van der Waals surface area contributed by atoms with Crippen LogP contribution in [0.15, 0.2) is 54.6 Å². The molecule has 4 rings (SSSR count). The average Bonchev–Trinajstić information content (AvgIpc) is 2.76. The number of rotatable bonds is 5. The lowest BCUT2D eigenvalue weighted by Crippen LogP contribution is -2.07. The Morgan fingerprint density at radius 3 is 2.17 bits per heavy atom. The number of benzene rings is 3. The summed E-state index contributed by atoms with van der Waals surface area (Å²) in [6.45, 7) is 2.17. The molecule has 0 heterocycles. The van der Waals surface area contributed by atoms with Crippen LogP contribution in [0.2, 0.25) is 0 Å².